The number of halogens is 1. The first-order valence-corrected chi connectivity index (χ1v) is 6.73. The molecular formula is C8H8BrNO2S2. The van der Waals surface area contributed by atoms with Crippen LogP contribution < -0.4 is 5.32 Å². The summed E-state index contributed by atoms with van der Waals surface area (Å²) in [4.78, 5) is 10.7. The van der Waals surface area contributed by atoms with Gasteiger partial charge in [0.1, 0.15) is 6.04 Å². The highest BCUT2D eigenvalue weighted by molar-refractivity contribution is 9.11. The van der Waals surface area contributed by atoms with Crippen LogP contribution in [-0.4, -0.2) is 22.9 Å². The maximum atomic E-state index is 10.7. The standard InChI is InChI=1S/C8H8BrNO2S2/c9-6-1-4(2-13-6)7-10-5(3-14-7)8(11)12/h1-2,5,7,10H,3H2,(H,11,12). The van der Waals surface area contributed by atoms with Crippen molar-refractivity contribution in [2.24, 2.45) is 0 Å². The van der Waals surface area contributed by atoms with Crippen LogP contribution >= 0.6 is 39.0 Å². The van der Waals surface area contributed by atoms with Crippen LogP contribution in [-0.2, 0) is 4.79 Å². The van der Waals surface area contributed by atoms with Crippen LogP contribution in [0.2, 0.25) is 0 Å². The summed E-state index contributed by atoms with van der Waals surface area (Å²) in [6.07, 6.45) is 0. The molecule has 6 heteroatoms. The molecule has 0 bridgehead atoms. The SMILES string of the molecule is O=C(O)C1CSC(c2csc(Br)c2)N1. The summed E-state index contributed by atoms with van der Waals surface area (Å²) in [7, 11) is 0. The minimum absolute atomic E-state index is 0.124. The molecule has 1 aromatic rings. The zero-order valence-corrected chi connectivity index (χ0v) is 10.3. The first kappa shape index (κ1) is 10.5. The zero-order chi connectivity index (χ0) is 10.1. The second-order valence-corrected chi connectivity index (χ2v) is 6.38. The van der Waals surface area contributed by atoms with Crippen LogP contribution in [0.15, 0.2) is 15.2 Å². The molecule has 1 fully saturated rings. The van der Waals surface area contributed by atoms with E-state index in [1.165, 1.54) is 0 Å². The van der Waals surface area contributed by atoms with E-state index in [0.717, 1.165) is 9.35 Å². The Kier molecular flexibility index (Phi) is 3.16. The van der Waals surface area contributed by atoms with Gasteiger partial charge in [0.2, 0.25) is 0 Å². The average Bonchev–Trinajstić information content (AvgIpc) is 2.70. The number of hydrogen-bond acceptors (Lipinski definition) is 4. The summed E-state index contributed by atoms with van der Waals surface area (Å²) < 4.78 is 1.08. The Morgan fingerprint density at radius 1 is 1.71 bits per heavy atom. The Morgan fingerprint density at radius 3 is 3.00 bits per heavy atom. The Labute approximate surface area is 98.0 Å². The van der Waals surface area contributed by atoms with Gasteiger partial charge < -0.3 is 5.11 Å². The van der Waals surface area contributed by atoms with E-state index in [0.29, 0.717) is 5.75 Å². The number of aliphatic carboxylic acids is 1. The fourth-order valence-electron chi connectivity index (χ4n) is 1.27. The van der Waals surface area contributed by atoms with Crippen molar-refractivity contribution in [3.8, 4) is 0 Å². The molecule has 2 rings (SSSR count). The number of thiophene rings is 1. The summed E-state index contributed by atoms with van der Waals surface area (Å²) in [5.74, 6) is -0.137. The van der Waals surface area contributed by atoms with Crippen molar-refractivity contribution in [1.29, 1.82) is 0 Å². The fourth-order valence-corrected chi connectivity index (χ4v) is 3.77. The lowest BCUT2D eigenvalue weighted by Gasteiger charge is -2.08. The maximum Gasteiger partial charge on any atom is 0.321 e. The normalized spacial score (nSPS) is 26.6. The topological polar surface area (TPSA) is 49.3 Å². The molecule has 0 aliphatic carbocycles. The predicted octanol–water partition coefficient (Wildman–Crippen LogP) is 2.30. The van der Waals surface area contributed by atoms with Gasteiger partial charge in [-0.2, -0.15) is 0 Å². The molecule has 0 amide bonds. The molecule has 1 aliphatic heterocycles. The van der Waals surface area contributed by atoms with Crippen LogP contribution in [0.1, 0.15) is 10.9 Å². The molecule has 2 atom stereocenters. The van der Waals surface area contributed by atoms with E-state index in [4.69, 9.17) is 5.11 Å². The molecular weight excluding hydrogens is 286 g/mol. The van der Waals surface area contributed by atoms with E-state index in [9.17, 15) is 4.79 Å². The summed E-state index contributed by atoms with van der Waals surface area (Å²) in [5.41, 5.74) is 1.15. The zero-order valence-electron chi connectivity index (χ0n) is 7.07. The Balaban J connectivity index is 2.05. The van der Waals surface area contributed by atoms with E-state index >= 15 is 0 Å². The molecule has 76 valence electrons. The van der Waals surface area contributed by atoms with Crippen molar-refractivity contribution >= 4 is 45.0 Å². The van der Waals surface area contributed by atoms with Crippen molar-refractivity contribution in [3.05, 3.63) is 20.8 Å². The van der Waals surface area contributed by atoms with E-state index in [1.54, 1.807) is 23.1 Å². The van der Waals surface area contributed by atoms with Gasteiger partial charge in [0, 0.05) is 5.75 Å². The van der Waals surface area contributed by atoms with Gasteiger partial charge in [-0.25, -0.2) is 0 Å². The van der Waals surface area contributed by atoms with Gasteiger partial charge in [-0.05, 0) is 32.9 Å². The van der Waals surface area contributed by atoms with Gasteiger partial charge in [0.15, 0.2) is 0 Å². The largest absolute Gasteiger partial charge is 0.480 e. The highest BCUT2D eigenvalue weighted by Crippen LogP contribution is 2.36. The average molecular weight is 294 g/mol. The Morgan fingerprint density at radius 2 is 2.50 bits per heavy atom. The van der Waals surface area contributed by atoms with Gasteiger partial charge >= 0.3 is 5.97 Å². The van der Waals surface area contributed by atoms with E-state index in [1.807, 2.05) is 11.4 Å². The van der Waals surface area contributed by atoms with Crippen molar-refractivity contribution in [2.75, 3.05) is 5.75 Å². The summed E-state index contributed by atoms with van der Waals surface area (Å²) in [5, 5.41) is 14.0. The third kappa shape index (κ3) is 2.13. The fraction of sp³-hybridized carbons (Fsp3) is 0.375. The first-order chi connectivity index (χ1) is 6.66. The number of carboxylic acid groups (broad SMARTS) is 1. The highest BCUT2D eigenvalue weighted by Gasteiger charge is 2.30. The molecule has 3 nitrogen and oxygen atoms in total. The lowest BCUT2D eigenvalue weighted by atomic mass is 10.3. The molecule has 2 N–H and O–H groups in total. The van der Waals surface area contributed by atoms with Crippen LogP contribution in [0.3, 0.4) is 0 Å². The predicted molar refractivity (Wildman–Crippen MR) is 61.8 cm³/mol. The summed E-state index contributed by atoms with van der Waals surface area (Å²) in [6.45, 7) is 0. The third-order valence-electron chi connectivity index (χ3n) is 1.97. The second kappa shape index (κ2) is 4.22. The van der Waals surface area contributed by atoms with Gasteiger partial charge in [0.05, 0.1) is 9.16 Å². The second-order valence-electron chi connectivity index (χ2n) is 2.96. The van der Waals surface area contributed by atoms with E-state index in [-0.39, 0.29) is 5.37 Å². The lowest BCUT2D eigenvalue weighted by molar-refractivity contribution is -0.138. The highest BCUT2D eigenvalue weighted by atomic mass is 79.9. The molecule has 0 aromatic carbocycles. The molecule has 14 heavy (non-hydrogen) atoms. The summed E-state index contributed by atoms with van der Waals surface area (Å²) in [6, 6.07) is 1.61. The Bertz CT molecular complexity index is 355. The van der Waals surface area contributed by atoms with Crippen molar-refractivity contribution in [2.45, 2.75) is 11.4 Å². The number of carbonyl (C=O) groups is 1. The molecule has 2 unspecified atom stereocenters. The molecule has 1 saturated heterocycles. The number of carboxylic acids is 1. The van der Waals surface area contributed by atoms with E-state index in [2.05, 4.69) is 21.2 Å². The maximum absolute atomic E-state index is 10.7. The smallest absolute Gasteiger partial charge is 0.321 e. The summed E-state index contributed by atoms with van der Waals surface area (Å²) >= 11 is 6.64. The molecule has 0 spiro atoms. The van der Waals surface area contributed by atoms with E-state index < -0.39 is 12.0 Å². The van der Waals surface area contributed by atoms with Crippen molar-refractivity contribution in [3.63, 3.8) is 0 Å². The minimum atomic E-state index is -0.769. The molecule has 0 radical (unpaired) electrons. The third-order valence-corrected chi connectivity index (χ3v) is 4.76. The van der Waals surface area contributed by atoms with Crippen LogP contribution in [0, 0.1) is 0 Å². The van der Waals surface area contributed by atoms with Gasteiger partial charge in [-0.3, -0.25) is 10.1 Å². The Hall–Kier alpha value is -0.0400. The molecule has 1 aromatic heterocycles. The molecule has 0 saturated carbocycles. The number of hydrogen-bond donors (Lipinski definition) is 2. The molecule has 1 aliphatic rings. The lowest BCUT2D eigenvalue weighted by Crippen LogP contribution is -2.33. The first-order valence-electron chi connectivity index (χ1n) is 4.01. The monoisotopic (exact) mass is 293 g/mol. The van der Waals surface area contributed by atoms with Gasteiger partial charge in [-0.1, -0.05) is 0 Å². The molecule has 2 heterocycles. The number of nitrogens with one attached hydrogen (secondary N) is 1. The number of rotatable bonds is 2. The van der Waals surface area contributed by atoms with Crippen molar-refractivity contribution in [1.82, 2.24) is 5.32 Å². The minimum Gasteiger partial charge on any atom is -0.480 e. The van der Waals surface area contributed by atoms with Crippen molar-refractivity contribution < 1.29 is 9.90 Å². The van der Waals surface area contributed by atoms with Crippen LogP contribution in [0.4, 0.5) is 0 Å². The van der Waals surface area contributed by atoms with Gasteiger partial charge in [0.25, 0.3) is 0 Å². The number of thioether (sulfide) groups is 1. The quantitative estimate of drug-likeness (QED) is 0.878. The van der Waals surface area contributed by atoms with Crippen LogP contribution in [0.5, 0.6) is 0 Å². The van der Waals surface area contributed by atoms with Gasteiger partial charge in [-0.15, -0.1) is 23.1 Å². The van der Waals surface area contributed by atoms with Crippen LogP contribution in [0.25, 0.3) is 0 Å².